The van der Waals surface area contributed by atoms with E-state index in [1.165, 1.54) is 0 Å². The van der Waals surface area contributed by atoms with Crippen molar-refractivity contribution in [3.8, 4) is 0 Å². The van der Waals surface area contributed by atoms with Gasteiger partial charge in [0, 0.05) is 41.9 Å². The molecule has 0 aliphatic carbocycles. The summed E-state index contributed by atoms with van der Waals surface area (Å²) in [6.45, 7) is 18.7. The van der Waals surface area contributed by atoms with Gasteiger partial charge in [0.05, 0.1) is 30.5 Å². The van der Waals surface area contributed by atoms with Crippen molar-refractivity contribution < 1.29 is 39.8 Å². The van der Waals surface area contributed by atoms with E-state index in [2.05, 4.69) is 6.58 Å². The maximum absolute atomic E-state index is 11.5. The van der Waals surface area contributed by atoms with Gasteiger partial charge in [0.15, 0.2) is 6.29 Å². The van der Waals surface area contributed by atoms with Crippen LogP contribution in [-0.2, 0) is 9.47 Å². The van der Waals surface area contributed by atoms with E-state index < -0.39 is 54.9 Å². The second-order valence-electron chi connectivity index (χ2n) is 12.6. The SMILES string of the molecule is C=C/C=C\[C@H](C)[C@H](OC(N)=O)[C@@H](C)[C@H](O)[C@@H](C)C/C(C)=C\[C@H](C)[C@@H](O)[C@@H](C)/C=C\[C@@H](O)C[C@@H]1O[C@@H](O)[C@H](C)[C@@H](O)[C@H]1C. The molecule has 0 unspecified atom stereocenters. The van der Waals surface area contributed by atoms with Crippen LogP contribution in [-0.4, -0.2) is 74.5 Å². The van der Waals surface area contributed by atoms with Gasteiger partial charge in [-0.15, -0.1) is 0 Å². The summed E-state index contributed by atoms with van der Waals surface area (Å²) in [5, 5.41) is 52.9. The zero-order valence-electron chi connectivity index (χ0n) is 26.7. The maximum Gasteiger partial charge on any atom is 0.404 e. The number of carbonyl (C=O) groups excluding carboxylic acids is 1. The molecule has 9 heteroatoms. The van der Waals surface area contributed by atoms with Crippen LogP contribution in [0.25, 0.3) is 0 Å². The third-order valence-corrected chi connectivity index (χ3v) is 8.77. The summed E-state index contributed by atoms with van der Waals surface area (Å²) in [4.78, 5) is 11.5. The van der Waals surface area contributed by atoms with Crippen molar-refractivity contribution in [3.63, 3.8) is 0 Å². The van der Waals surface area contributed by atoms with Gasteiger partial charge in [0.2, 0.25) is 0 Å². The molecule has 42 heavy (non-hydrogen) atoms. The average Bonchev–Trinajstić information content (AvgIpc) is 2.93. The fraction of sp³-hybridized carbons (Fsp3) is 0.727. The van der Waals surface area contributed by atoms with E-state index in [0.717, 1.165) is 5.57 Å². The third kappa shape index (κ3) is 11.6. The summed E-state index contributed by atoms with van der Waals surface area (Å²) in [6, 6.07) is 0. The van der Waals surface area contributed by atoms with E-state index >= 15 is 0 Å². The minimum atomic E-state index is -1.07. The monoisotopic (exact) mass is 595 g/mol. The Morgan fingerprint density at radius 3 is 2.14 bits per heavy atom. The van der Waals surface area contributed by atoms with E-state index in [-0.39, 0.29) is 41.9 Å². The van der Waals surface area contributed by atoms with E-state index in [0.29, 0.717) is 6.42 Å². The van der Waals surface area contributed by atoms with Gasteiger partial charge in [-0.25, -0.2) is 4.79 Å². The highest BCUT2D eigenvalue weighted by molar-refractivity contribution is 5.64. The van der Waals surface area contributed by atoms with Crippen LogP contribution in [0.5, 0.6) is 0 Å². The molecule has 242 valence electrons. The molecular formula is C33H57NO8. The molecule has 1 rings (SSSR count). The van der Waals surface area contributed by atoms with Gasteiger partial charge in [-0.1, -0.05) is 97.1 Å². The molecule has 0 aromatic rings. The Labute approximate surface area is 252 Å². The van der Waals surface area contributed by atoms with Crippen molar-refractivity contribution in [2.24, 2.45) is 47.2 Å². The molecule has 1 saturated heterocycles. The molecule has 0 spiro atoms. The minimum absolute atomic E-state index is 0.146. The van der Waals surface area contributed by atoms with Crippen LogP contribution >= 0.6 is 0 Å². The summed E-state index contributed by atoms with van der Waals surface area (Å²) >= 11 is 0. The van der Waals surface area contributed by atoms with Gasteiger partial charge >= 0.3 is 6.09 Å². The number of hydrogen-bond donors (Lipinski definition) is 6. The van der Waals surface area contributed by atoms with Gasteiger partial charge < -0.3 is 40.7 Å². The largest absolute Gasteiger partial charge is 0.445 e. The number of carbonyl (C=O) groups is 1. The number of primary amides is 1. The van der Waals surface area contributed by atoms with Gasteiger partial charge in [-0.3, -0.25) is 0 Å². The van der Waals surface area contributed by atoms with Crippen LogP contribution in [0.4, 0.5) is 4.79 Å². The third-order valence-electron chi connectivity index (χ3n) is 8.77. The number of nitrogens with two attached hydrogens (primary N) is 1. The van der Waals surface area contributed by atoms with Gasteiger partial charge in [0.25, 0.3) is 0 Å². The first kappa shape index (κ1) is 38.0. The lowest BCUT2D eigenvalue weighted by atomic mass is 9.81. The zero-order chi connectivity index (χ0) is 32.3. The lowest BCUT2D eigenvalue weighted by molar-refractivity contribution is -0.245. The fourth-order valence-corrected chi connectivity index (χ4v) is 5.92. The van der Waals surface area contributed by atoms with Gasteiger partial charge in [0.1, 0.15) is 6.10 Å². The second kappa shape index (κ2) is 18.0. The second-order valence-corrected chi connectivity index (χ2v) is 12.6. The van der Waals surface area contributed by atoms with E-state index in [1.54, 1.807) is 31.2 Å². The Kier molecular flexibility index (Phi) is 16.2. The van der Waals surface area contributed by atoms with Crippen LogP contribution in [0.15, 0.2) is 48.6 Å². The summed E-state index contributed by atoms with van der Waals surface area (Å²) in [5.74, 6) is -1.76. The lowest BCUT2D eigenvalue weighted by Crippen LogP contribution is -2.49. The minimum Gasteiger partial charge on any atom is -0.445 e. The maximum atomic E-state index is 11.5. The summed E-state index contributed by atoms with van der Waals surface area (Å²) in [5.41, 5.74) is 6.31. The molecule has 9 nitrogen and oxygen atoms in total. The molecule has 1 fully saturated rings. The molecule has 1 amide bonds. The smallest absolute Gasteiger partial charge is 0.404 e. The van der Waals surface area contributed by atoms with Crippen LogP contribution < -0.4 is 5.73 Å². The molecule has 1 aliphatic heterocycles. The molecule has 0 bridgehead atoms. The zero-order valence-corrected chi connectivity index (χ0v) is 26.7. The molecular weight excluding hydrogens is 538 g/mol. The Hall–Kier alpha value is -2.01. The summed E-state index contributed by atoms with van der Waals surface area (Å²) < 4.78 is 11.0. The molecule has 1 heterocycles. The fourth-order valence-electron chi connectivity index (χ4n) is 5.92. The van der Waals surface area contributed by atoms with Gasteiger partial charge in [-0.2, -0.15) is 0 Å². The highest BCUT2D eigenvalue weighted by Crippen LogP contribution is 2.32. The molecule has 1 aliphatic rings. The standard InChI is InChI=1S/C33H57NO8/c1-10-11-12-20(4)31(42-33(34)40)24(8)29(37)22(6)16-18(2)15-21(5)28(36)19(3)13-14-26(35)17-27-23(7)30(38)25(9)32(39)41-27/h10-15,19-32,35-39H,1,16-17H2,2-9H3,(H2,34,40)/b12-11-,14-13-,18-15-/t19-,20-,21-,22-,23-,24-,25+,26+,27-,28-,29+,30-,31-,32+/m0/s1. The topological polar surface area (TPSA) is 163 Å². The first-order valence-electron chi connectivity index (χ1n) is 15.2. The predicted octanol–water partition coefficient (Wildman–Crippen LogP) is 4.09. The molecule has 0 aromatic heterocycles. The summed E-state index contributed by atoms with van der Waals surface area (Å²) in [6.07, 6.45) is 5.38. The lowest BCUT2D eigenvalue weighted by Gasteiger charge is -2.41. The highest BCUT2D eigenvalue weighted by Gasteiger charge is 2.40. The van der Waals surface area contributed by atoms with Crippen molar-refractivity contribution in [3.05, 3.63) is 48.6 Å². The molecule has 0 radical (unpaired) electrons. The Bertz CT molecular complexity index is 920. The first-order chi connectivity index (χ1) is 19.5. The van der Waals surface area contributed by atoms with Crippen molar-refractivity contribution in [2.45, 2.75) is 111 Å². The van der Waals surface area contributed by atoms with Gasteiger partial charge in [-0.05, 0) is 19.3 Å². The van der Waals surface area contributed by atoms with Crippen molar-refractivity contribution in [1.82, 2.24) is 0 Å². The quantitative estimate of drug-likeness (QED) is 0.115. The van der Waals surface area contributed by atoms with E-state index in [9.17, 15) is 30.3 Å². The Balaban J connectivity index is 2.76. The van der Waals surface area contributed by atoms with Crippen LogP contribution in [0.1, 0.15) is 68.2 Å². The Morgan fingerprint density at radius 1 is 0.952 bits per heavy atom. The molecule has 0 aromatic carbocycles. The number of rotatable bonds is 16. The molecule has 14 atom stereocenters. The number of aliphatic hydroxyl groups excluding tert-OH is 5. The van der Waals surface area contributed by atoms with Crippen molar-refractivity contribution in [1.29, 1.82) is 0 Å². The molecule has 7 N–H and O–H groups in total. The van der Waals surface area contributed by atoms with Crippen LogP contribution in [0.3, 0.4) is 0 Å². The number of ether oxygens (including phenoxy) is 2. The van der Waals surface area contributed by atoms with Crippen LogP contribution in [0.2, 0.25) is 0 Å². The Morgan fingerprint density at radius 2 is 1.57 bits per heavy atom. The number of allylic oxidation sites excluding steroid dienone is 3. The van der Waals surface area contributed by atoms with E-state index in [1.807, 2.05) is 60.6 Å². The predicted molar refractivity (Wildman–Crippen MR) is 165 cm³/mol. The van der Waals surface area contributed by atoms with Crippen molar-refractivity contribution >= 4 is 6.09 Å². The number of amides is 1. The number of hydrogen-bond acceptors (Lipinski definition) is 8. The molecule has 0 saturated carbocycles. The van der Waals surface area contributed by atoms with E-state index in [4.69, 9.17) is 15.2 Å². The normalized spacial score (nSPS) is 30.2. The summed E-state index contributed by atoms with van der Waals surface area (Å²) in [7, 11) is 0. The number of aliphatic hydroxyl groups is 5. The van der Waals surface area contributed by atoms with Crippen LogP contribution in [0, 0.1) is 41.4 Å². The first-order valence-corrected chi connectivity index (χ1v) is 15.2. The van der Waals surface area contributed by atoms with Crippen molar-refractivity contribution in [2.75, 3.05) is 0 Å². The highest BCUT2D eigenvalue weighted by atomic mass is 16.6. The average molecular weight is 596 g/mol.